The van der Waals surface area contributed by atoms with E-state index in [1.807, 2.05) is 42.5 Å². The normalized spacial score (nSPS) is 10.3. The number of hydrogen-bond donors (Lipinski definition) is 2. The van der Waals surface area contributed by atoms with Gasteiger partial charge in [-0.15, -0.1) is 11.8 Å². The first-order valence-corrected chi connectivity index (χ1v) is 8.35. The summed E-state index contributed by atoms with van der Waals surface area (Å²) in [5.74, 6) is 0.307. The molecule has 0 heterocycles. The molecule has 0 aliphatic heterocycles. The number of anilines is 2. The highest BCUT2D eigenvalue weighted by atomic mass is 79.9. The zero-order valence-corrected chi connectivity index (χ0v) is 14.4. The Hall–Kier alpha value is -0.980. The van der Waals surface area contributed by atoms with Gasteiger partial charge in [0.25, 0.3) is 0 Å². The maximum atomic E-state index is 11.9. The number of nitrogen functional groups attached to an aromatic ring is 1. The molecule has 3 N–H and O–H groups in total. The third kappa shape index (κ3) is 4.54. The van der Waals surface area contributed by atoms with Crippen molar-refractivity contribution < 1.29 is 4.79 Å². The molecule has 2 rings (SSSR count). The van der Waals surface area contributed by atoms with Crippen molar-refractivity contribution in [1.29, 1.82) is 0 Å². The fourth-order valence-electron chi connectivity index (χ4n) is 1.49. The van der Waals surface area contributed by atoms with Crippen LogP contribution < -0.4 is 11.1 Å². The van der Waals surface area contributed by atoms with Gasteiger partial charge in [-0.05, 0) is 58.4 Å². The molecule has 0 spiro atoms. The summed E-state index contributed by atoms with van der Waals surface area (Å²) in [7, 11) is 0. The number of amides is 1. The quantitative estimate of drug-likeness (QED) is 0.569. The molecule has 1 amide bonds. The zero-order valence-electron chi connectivity index (χ0n) is 10.4. The van der Waals surface area contributed by atoms with Gasteiger partial charge in [0.15, 0.2) is 0 Å². The lowest BCUT2D eigenvalue weighted by atomic mass is 10.3. The van der Waals surface area contributed by atoms with Crippen LogP contribution in [0.4, 0.5) is 11.4 Å². The minimum absolute atomic E-state index is 0.0464. The fraction of sp³-hybridized carbons (Fsp3) is 0.0714. The molecule has 0 aromatic heterocycles. The Kier molecular flexibility index (Phi) is 5.51. The second-order valence-corrected chi connectivity index (χ2v) is 6.85. The van der Waals surface area contributed by atoms with Gasteiger partial charge in [-0.3, -0.25) is 4.79 Å². The van der Waals surface area contributed by atoms with Crippen molar-refractivity contribution in [3.8, 4) is 0 Å². The molecule has 2 aromatic rings. The number of halogens is 2. The smallest absolute Gasteiger partial charge is 0.234 e. The minimum atomic E-state index is -0.0464. The van der Waals surface area contributed by atoms with Gasteiger partial charge in [-0.1, -0.05) is 15.9 Å². The molecule has 0 fully saturated rings. The Morgan fingerprint density at radius 3 is 2.50 bits per heavy atom. The SMILES string of the molecule is Nc1ccc(SCC(=O)Nc2ccc(Br)cc2Br)cc1. The molecular formula is C14H12Br2N2OS. The van der Waals surface area contributed by atoms with Gasteiger partial charge in [0, 0.05) is 19.5 Å². The molecule has 0 saturated heterocycles. The fourth-order valence-corrected chi connectivity index (χ4v) is 3.33. The largest absolute Gasteiger partial charge is 0.399 e. The average Bonchev–Trinajstić information content (AvgIpc) is 2.41. The van der Waals surface area contributed by atoms with E-state index in [0.717, 1.165) is 25.2 Å². The zero-order chi connectivity index (χ0) is 14.5. The van der Waals surface area contributed by atoms with E-state index in [1.165, 1.54) is 11.8 Å². The van der Waals surface area contributed by atoms with Crippen molar-refractivity contribution >= 4 is 60.9 Å². The number of thioether (sulfide) groups is 1. The van der Waals surface area contributed by atoms with Crippen LogP contribution in [0, 0.1) is 0 Å². The van der Waals surface area contributed by atoms with Gasteiger partial charge in [-0.25, -0.2) is 0 Å². The van der Waals surface area contributed by atoms with Crippen molar-refractivity contribution in [1.82, 2.24) is 0 Å². The second-order valence-electron chi connectivity index (χ2n) is 4.03. The summed E-state index contributed by atoms with van der Waals surface area (Å²) in [5.41, 5.74) is 7.10. The Labute approximate surface area is 138 Å². The summed E-state index contributed by atoms with van der Waals surface area (Å²) in [6, 6.07) is 13.1. The maximum Gasteiger partial charge on any atom is 0.234 e. The van der Waals surface area contributed by atoms with Crippen LogP contribution in [0.3, 0.4) is 0 Å². The van der Waals surface area contributed by atoms with E-state index in [2.05, 4.69) is 37.2 Å². The molecule has 0 atom stereocenters. The molecule has 0 aliphatic carbocycles. The van der Waals surface area contributed by atoms with E-state index in [-0.39, 0.29) is 5.91 Å². The van der Waals surface area contributed by atoms with Crippen LogP contribution in [-0.2, 0) is 4.79 Å². The van der Waals surface area contributed by atoms with Gasteiger partial charge in [0.1, 0.15) is 0 Å². The molecule has 0 saturated carbocycles. The number of nitrogens with two attached hydrogens (primary N) is 1. The standard InChI is InChI=1S/C14H12Br2N2OS/c15-9-1-6-13(12(16)7-9)18-14(19)8-20-11-4-2-10(17)3-5-11/h1-7H,8,17H2,(H,18,19). The highest BCUT2D eigenvalue weighted by molar-refractivity contribution is 9.11. The molecule has 2 aromatic carbocycles. The Morgan fingerprint density at radius 2 is 1.85 bits per heavy atom. The summed E-state index contributed by atoms with van der Waals surface area (Å²) in [6.45, 7) is 0. The molecule has 3 nitrogen and oxygen atoms in total. The monoisotopic (exact) mass is 414 g/mol. The molecule has 0 bridgehead atoms. The van der Waals surface area contributed by atoms with Gasteiger partial charge < -0.3 is 11.1 Å². The van der Waals surface area contributed by atoms with Crippen molar-refractivity contribution in [2.75, 3.05) is 16.8 Å². The lowest BCUT2D eigenvalue weighted by molar-refractivity contribution is -0.113. The van der Waals surface area contributed by atoms with Crippen molar-refractivity contribution in [3.63, 3.8) is 0 Å². The lowest BCUT2D eigenvalue weighted by Crippen LogP contribution is -2.14. The Balaban J connectivity index is 1.90. The van der Waals surface area contributed by atoms with Gasteiger partial charge in [-0.2, -0.15) is 0 Å². The highest BCUT2D eigenvalue weighted by Gasteiger charge is 2.06. The Bertz CT molecular complexity index is 617. The van der Waals surface area contributed by atoms with Crippen molar-refractivity contribution in [3.05, 3.63) is 51.4 Å². The molecular weight excluding hydrogens is 404 g/mol. The highest BCUT2D eigenvalue weighted by Crippen LogP contribution is 2.26. The van der Waals surface area contributed by atoms with Crippen molar-refractivity contribution in [2.45, 2.75) is 4.90 Å². The third-order valence-electron chi connectivity index (χ3n) is 2.46. The minimum Gasteiger partial charge on any atom is -0.399 e. The first-order chi connectivity index (χ1) is 9.54. The molecule has 0 aliphatic rings. The molecule has 0 radical (unpaired) electrons. The van der Waals surface area contributed by atoms with Crippen molar-refractivity contribution in [2.24, 2.45) is 0 Å². The second kappa shape index (κ2) is 7.15. The number of benzene rings is 2. The van der Waals surface area contributed by atoms with E-state index >= 15 is 0 Å². The molecule has 0 unspecified atom stereocenters. The van der Waals surface area contributed by atoms with Gasteiger partial charge in [0.2, 0.25) is 5.91 Å². The van der Waals surface area contributed by atoms with E-state index < -0.39 is 0 Å². The lowest BCUT2D eigenvalue weighted by Gasteiger charge is -2.07. The number of carbonyl (C=O) groups is 1. The van der Waals surface area contributed by atoms with E-state index in [4.69, 9.17) is 5.73 Å². The van der Waals surface area contributed by atoms with Gasteiger partial charge in [0.05, 0.1) is 11.4 Å². The molecule has 6 heteroatoms. The summed E-state index contributed by atoms with van der Waals surface area (Å²) >= 11 is 8.26. The number of rotatable bonds is 4. The first-order valence-electron chi connectivity index (χ1n) is 5.78. The Morgan fingerprint density at radius 1 is 1.15 bits per heavy atom. The number of hydrogen-bond acceptors (Lipinski definition) is 3. The van der Waals surface area contributed by atoms with Crippen LogP contribution in [0.1, 0.15) is 0 Å². The van der Waals surface area contributed by atoms with E-state index in [0.29, 0.717) is 5.75 Å². The number of nitrogens with one attached hydrogen (secondary N) is 1. The molecule has 20 heavy (non-hydrogen) atoms. The predicted octanol–water partition coefficient (Wildman–Crippen LogP) is 4.52. The summed E-state index contributed by atoms with van der Waals surface area (Å²) < 4.78 is 1.80. The summed E-state index contributed by atoms with van der Waals surface area (Å²) in [5, 5.41) is 2.87. The van der Waals surface area contributed by atoms with Crippen LogP contribution in [0.2, 0.25) is 0 Å². The van der Waals surface area contributed by atoms with Crippen LogP contribution in [0.15, 0.2) is 56.3 Å². The summed E-state index contributed by atoms with van der Waals surface area (Å²) in [6.07, 6.45) is 0. The first kappa shape index (κ1) is 15.4. The third-order valence-corrected chi connectivity index (χ3v) is 4.62. The van der Waals surface area contributed by atoms with Gasteiger partial charge >= 0.3 is 0 Å². The molecule has 104 valence electrons. The van der Waals surface area contributed by atoms with Crippen LogP contribution in [0.5, 0.6) is 0 Å². The van der Waals surface area contributed by atoms with E-state index in [1.54, 1.807) is 0 Å². The maximum absolute atomic E-state index is 11.9. The predicted molar refractivity (Wildman–Crippen MR) is 92.1 cm³/mol. The van der Waals surface area contributed by atoms with E-state index in [9.17, 15) is 4.79 Å². The number of carbonyl (C=O) groups excluding carboxylic acids is 1. The average molecular weight is 416 g/mol. The van der Waals surface area contributed by atoms with Crippen LogP contribution >= 0.6 is 43.6 Å². The van der Waals surface area contributed by atoms with Crippen LogP contribution in [0.25, 0.3) is 0 Å². The summed E-state index contributed by atoms with van der Waals surface area (Å²) in [4.78, 5) is 12.9. The van der Waals surface area contributed by atoms with Crippen LogP contribution in [-0.4, -0.2) is 11.7 Å². The topological polar surface area (TPSA) is 55.1 Å².